The highest BCUT2D eigenvalue weighted by Crippen LogP contribution is 2.36. The number of nitrogens with zero attached hydrogens (tertiary/aromatic N) is 1. The minimum atomic E-state index is -4.04. The van der Waals surface area contributed by atoms with Crippen molar-refractivity contribution in [2.45, 2.75) is 22.5 Å². The van der Waals surface area contributed by atoms with Gasteiger partial charge in [0.15, 0.2) is 14.6 Å². The molecule has 1 aliphatic heterocycles. The van der Waals surface area contributed by atoms with E-state index in [1.807, 2.05) is 36.4 Å². The zero-order chi connectivity index (χ0) is 21.9. The van der Waals surface area contributed by atoms with E-state index in [-0.39, 0.29) is 43.4 Å². The molecule has 0 spiro atoms. The lowest BCUT2D eigenvalue weighted by molar-refractivity contribution is -0.134. The number of carbonyl (C=O) groups excluding carboxylic acids is 1. The quantitative estimate of drug-likeness (QED) is 0.431. The second-order valence-corrected chi connectivity index (χ2v) is 9.65. The predicted octanol–water partition coefficient (Wildman–Crippen LogP) is 3.67. The van der Waals surface area contributed by atoms with Crippen LogP contribution in [0.2, 0.25) is 0 Å². The van der Waals surface area contributed by atoms with Gasteiger partial charge in [-0.05, 0) is 53.3 Å². The molecule has 2 heterocycles. The van der Waals surface area contributed by atoms with Gasteiger partial charge in [0, 0.05) is 25.6 Å². The molecule has 1 aromatic heterocycles. The van der Waals surface area contributed by atoms with Gasteiger partial charge in [-0.3, -0.25) is 15.0 Å². The van der Waals surface area contributed by atoms with Crippen LogP contribution >= 0.6 is 12.4 Å². The van der Waals surface area contributed by atoms with Gasteiger partial charge >= 0.3 is 0 Å². The lowest BCUT2D eigenvalue weighted by Gasteiger charge is -2.34. The van der Waals surface area contributed by atoms with Crippen molar-refractivity contribution >= 4 is 28.2 Å². The largest absolute Gasteiger partial charge is 0.381 e. The highest BCUT2D eigenvalue weighted by molar-refractivity contribution is 7.93. The SMILES string of the molecule is Cl.O=C(NO)C1(S(=O)(=O)c2ccc(-c3ccc(-c4cccnc4)cc3)cc2)CCOCC1. The van der Waals surface area contributed by atoms with Crippen LogP contribution in [-0.4, -0.2) is 42.5 Å². The van der Waals surface area contributed by atoms with Crippen molar-refractivity contribution in [2.24, 2.45) is 0 Å². The van der Waals surface area contributed by atoms with Crippen LogP contribution in [0.25, 0.3) is 22.3 Å². The molecular formula is C23H23ClN2O5S. The van der Waals surface area contributed by atoms with Crippen molar-refractivity contribution in [2.75, 3.05) is 13.2 Å². The van der Waals surface area contributed by atoms with Crippen LogP contribution in [-0.2, 0) is 19.4 Å². The monoisotopic (exact) mass is 474 g/mol. The first kappa shape index (κ1) is 23.9. The van der Waals surface area contributed by atoms with Crippen molar-refractivity contribution in [3.05, 3.63) is 73.1 Å². The molecular weight excluding hydrogens is 452 g/mol. The van der Waals surface area contributed by atoms with Gasteiger partial charge in [0.2, 0.25) is 0 Å². The predicted molar refractivity (Wildman–Crippen MR) is 122 cm³/mol. The smallest absolute Gasteiger partial charge is 0.265 e. The van der Waals surface area contributed by atoms with Crippen molar-refractivity contribution in [3.8, 4) is 22.3 Å². The molecule has 1 amide bonds. The van der Waals surface area contributed by atoms with Gasteiger partial charge in [0.05, 0.1) is 4.90 Å². The summed E-state index contributed by atoms with van der Waals surface area (Å²) in [6.45, 7) is 0.266. The minimum absolute atomic E-state index is 0. The first-order valence-corrected chi connectivity index (χ1v) is 11.3. The van der Waals surface area contributed by atoms with Gasteiger partial charge in [-0.25, -0.2) is 13.9 Å². The number of benzene rings is 2. The van der Waals surface area contributed by atoms with Crippen molar-refractivity contribution in [3.63, 3.8) is 0 Å². The fourth-order valence-electron chi connectivity index (χ4n) is 3.86. The Kier molecular flexibility index (Phi) is 7.30. The molecule has 9 heteroatoms. The van der Waals surface area contributed by atoms with E-state index >= 15 is 0 Å². The molecule has 1 aliphatic rings. The summed E-state index contributed by atoms with van der Waals surface area (Å²) >= 11 is 0. The number of carbonyl (C=O) groups is 1. The third-order valence-electron chi connectivity index (χ3n) is 5.71. The molecule has 168 valence electrons. The molecule has 0 aliphatic carbocycles. The molecule has 7 nitrogen and oxygen atoms in total. The third-order valence-corrected chi connectivity index (χ3v) is 8.22. The molecule has 32 heavy (non-hydrogen) atoms. The molecule has 0 bridgehead atoms. The fraction of sp³-hybridized carbons (Fsp3) is 0.217. The summed E-state index contributed by atoms with van der Waals surface area (Å²) in [6, 6.07) is 18.2. The van der Waals surface area contributed by atoms with Gasteiger partial charge in [-0.2, -0.15) is 0 Å². The van der Waals surface area contributed by atoms with Crippen LogP contribution in [0.4, 0.5) is 0 Å². The lowest BCUT2D eigenvalue weighted by atomic mass is 9.98. The second-order valence-electron chi connectivity index (χ2n) is 7.39. The summed E-state index contributed by atoms with van der Waals surface area (Å²) in [5.41, 5.74) is 5.36. The topological polar surface area (TPSA) is 106 Å². The molecule has 0 atom stereocenters. The van der Waals surface area contributed by atoms with E-state index in [0.29, 0.717) is 0 Å². The van der Waals surface area contributed by atoms with E-state index in [4.69, 9.17) is 9.94 Å². The van der Waals surface area contributed by atoms with Crippen LogP contribution in [0.5, 0.6) is 0 Å². The molecule has 1 saturated heterocycles. The van der Waals surface area contributed by atoms with E-state index in [0.717, 1.165) is 22.3 Å². The molecule has 0 unspecified atom stereocenters. The van der Waals surface area contributed by atoms with E-state index < -0.39 is 20.5 Å². The Bertz CT molecular complexity index is 1160. The summed E-state index contributed by atoms with van der Waals surface area (Å²) in [7, 11) is -4.04. The standard InChI is InChI=1S/C23H22N2O5S.ClH/c26-22(25-27)23(11-14-30-15-12-23)31(28,29)21-9-7-18(8-10-21)17-3-5-19(6-4-17)20-2-1-13-24-16-20;/h1-10,13,16,27H,11-12,14-15H2,(H,25,26);1H. The van der Waals surface area contributed by atoms with Gasteiger partial charge in [-0.1, -0.05) is 42.5 Å². The first-order chi connectivity index (χ1) is 15.0. The van der Waals surface area contributed by atoms with Crippen LogP contribution in [0.3, 0.4) is 0 Å². The Morgan fingerprint density at radius 2 is 1.44 bits per heavy atom. The maximum Gasteiger partial charge on any atom is 0.265 e. The third kappa shape index (κ3) is 4.27. The van der Waals surface area contributed by atoms with Gasteiger partial charge in [0.25, 0.3) is 5.91 Å². The number of nitrogens with one attached hydrogen (secondary N) is 1. The van der Waals surface area contributed by atoms with Crippen LogP contribution < -0.4 is 5.48 Å². The molecule has 1 fully saturated rings. The molecule has 2 aromatic carbocycles. The fourth-order valence-corrected chi connectivity index (χ4v) is 5.80. The molecule has 0 radical (unpaired) electrons. The number of hydroxylamine groups is 1. The number of amides is 1. The van der Waals surface area contributed by atoms with Gasteiger partial charge in [-0.15, -0.1) is 12.4 Å². The number of aromatic nitrogens is 1. The van der Waals surface area contributed by atoms with E-state index in [1.54, 1.807) is 24.5 Å². The van der Waals surface area contributed by atoms with E-state index in [1.165, 1.54) is 17.6 Å². The Morgan fingerprint density at radius 3 is 1.94 bits per heavy atom. The normalized spacial score (nSPS) is 15.4. The number of ether oxygens (including phenoxy) is 1. The summed E-state index contributed by atoms with van der Waals surface area (Å²) in [5.74, 6) is -0.925. The highest BCUT2D eigenvalue weighted by Gasteiger charge is 2.52. The number of hydrogen-bond acceptors (Lipinski definition) is 6. The molecule has 0 saturated carbocycles. The number of hydrogen-bond donors (Lipinski definition) is 2. The summed E-state index contributed by atoms with van der Waals surface area (Å²) in [6.07, 6.45) is 3.49. The minimum Gasteiger partial charge on any atom is -0.381 e. The van der Waals surface area contributed by atoms with Crippen molar-refractivity contribution in [1.82, 2.24) is 10.5 Å². The summed E-state index contributed by atoms with van der Waals surface area (Å²) < 4.78 is 30.1. The van der Waals surface area contributed by atoms with Gasteiger partial charge in [0.1, 0.15) is 0 Å². The average molecular weight is 475 g/mol. The first-order valence-electron chi connectivity index (χ1n) is 9.86. The molecule has 4 rings (SSSR count). The number of halogens is 1. The van der Waals surface area contributed by atoms with Gasteiger partial charge < -0.3 is 4.74 Å². The Morgan fingerprint density at radius 1 is 0.906 bits per heavy atom. The van der Waals surface area contributed by atoms with Crippen molar-refractivity contribution in [1.29, 1.82) is 0 Å². The lowest BCUT2D eigenvalue weighted by Crippen LogP contribution is -2.54. The number of sulfone groups is 1. The molecule has 2 N–H and O–H groups in total. The van der Waals surface area contributed by atoms with Crippen molar-refractivity contribution < 1.29 is 23.2 Å². The van der Waals surface area contributed by atoms with Crippen LogP contribution in [0.1, 0.15) is 12.8 Å². The van der Waals surface area contributed by atoms with Crippen LogP contribution in [0.15, 0.2) is 78.0 Å². The maximum absolute atomic E-state index is 13.3. The summed E-state index contributed by atoms with van der Waals surface area (Å²) in [5, 5.41) is 9.15. The Labute approximate surface area is 192 Å². The number of rotatable bonds is 5. The molecule has 3 aromatic rings. The van der Waals surface area contributed by atoms with E-state index in [9.17, 15) is 13.2 Å². The van der Waals surface area contributed by atoms with E-state index in [2.05, 4.69) is 4.98 Å². The zero-order valence-electron chi connectivity index (χ0n) is 17.1. The highest BCUT2D eigenvalue weighted by atomic mass is 35.5. The average Bonchev–Trinajstić information content (AvgIpc) is 2.84. The maximum atomic E-state index is 13.3. The summed E-state index contributed by atoms with van der Waals surface area (Å²) in [4.78, 5) is 16.5. The second kappa shape index (κ2) is 9.79. The zero-order valence-corrected chi connectivity index (χ0v) is 18.7. The van der Waals surface area contributed by atoms with Crippen LogP contribution in [0, 0.1) is 0 Å². The Hall–Kier alpha value is -2.78. The Balaban J connectivity index is 0.00000289. The number of pyridine rings is 1.